The van der Waals surface area contributed by atoms with E-state index in [0.717, 1.165) is 40.1 Å². The minimum atomic E-state index is 0.534. The highest BCUT2D eigenvalue weighted by Crippen LogP contribution is 2.30. The lowest BCUT2D eigenvalue weighted by atomic mass is 10.1. The van der Waals surface area contributed by atoms with Gasteiger partial charge >= 0.3 is 0 Å². The second-order valence-corrected chi connectivity index (χ2v) is 5.46. The average Bonchev–Trinajstić information content (AvgIpc) is 2.90. The molecule has 0 spiro atoms. The molecule has 1 aromatic heterocycles. The average molecular weight is 299 g/mol. The van der Waals surface area contributed by atoms with Gasteiger partial charge in [-0.1, -0.05) is 41.1 Å². The van der Waals surface area contributed by atoms with Crippen molar-refractivity contribution in [1.29, 1.82) is 0 Å². The van der Waals surface area contributed by atoms with Gasteiger partial charge in [-0.25, -0.2) is 0 Å². The van der Waals surface area contributed by atoms with Gasteiger partial charge in [-0.3, -0.25) is 0 Å². The van der Waals surface area contributed by atoms with Crippen LogP contribution in [0.15, 0.2) is 47.0 Å². The number of nitrogens with zero attached hydrogens (tertiary/aromatic N) is 1. The van der Waals surface area contributed by atoms with E-state index in [9.17, 15) is 0 Å². The number of hydrogen-bond donors (Lipinski definition) is 1. The molecule has 21 heavy (non-hydrogen) atoms. The van der Waals surface area contributed by atoms with Crippen LogP contribution < -0.4 is 4.74 Å². The Morgan fingerprint density at radius 3 is 2.86 bits per heavy atom. The Bertz CT molecular complexity index is 751. The van der Waals surface area contributed by atoms with Crippen LogP contribution in [0.4, 0.5) is 0 Å². The summed E-state index contributed by atoms with van der Waals surface area (Å²) in [6, 6.07) is 14.1. The molecule has 0 N–H and O–H groups in total. The molecule has 1 heterocycles. The first-order valence-electron chi connectivity index (χ1n) is 6.94. The first-order valence-corrected chi connectivity index (χ1v) is 7.57. The van der Waals surface area contributed by atoms with Crippen molar-refractivity contribution < 1.29 is 9.26 Å². The smallest absolute Gasteiger partial charge is 0.170 e. The number of benzene rings is 2. The van der Waals surface area contributed by atoms with Gasteiger partial charge in [0.05, 0.1) is 11.1 Å². The number of aryl methyl sites for hydroxylation is 2. The molecule has 0 amide bonds. The molecule has 0 atom stereocenters. The monoisotopic (exact) mass is 299 g/mol. The van der Waals surface area contributed by atoms with Crippen LogP contribution >= 0.6 is 12.6 Å². The predicted molar refractivity (Wildman–Crippen MR) is 87.1 cm³/mol. The third kappa shape index (κ3) is 3.05. The maximum atomic E-state index is 5.98. The molecule has 108 valence electrons. The highest BCUT2D eigenvalue weighted by Gasteiger charge is 2.13. The van der Waals surface area contributed by atoms with Crippen molar-refractivity contribution in [3.63, 3.8) is 0 Å². The maximum Gasteiger partial charge on any atom is 0.170 e. The van der Waals surface area contributed by atoms with Gasteiger partial charge in [0.2, 0.25) is 0 Å². The number of rotatable bonds is 5. The summed E-state index contributed by atoms with van der Waals surface area (Å²) in [5, 5.41) is 5.07. The summed E-state index contributed by atoms with van der Waals surface area (Å²) >= 11 is 4.26. The zero-order valence-electron chi connectivity index (χ0n) is 11.9. The molecule has 2 aromatic carbocycles. The van der Waals surface area contributed by atoms with Crippen LogP contribution in [0.1, 0.15) is 16.8 Å². The standard InChI is InChI=1S/C17H17NO2S/c1-12-4-2-5-13(10-12)11-19-15-6-3-7-16-17(15)14(8-9-21)18-20-16/h2-7,10,21H,8-9,11H2,1H3. The molecular formula is C17H17NO2S. The molecule has 0 aliphatic rings. The molecule has 0 saturated carbocycles. The summed E-state index contributed by atoms with van der Waals surface area (Å²) in [7, 11) is 0. The third-order valence-corrected chi connectivity index (χ3v) is 3.58. The van der Waals surface area contributed by atoms with E-state index in [1.165, 1.54) is 5.56 Å². The Labute approximate surface area is 129 Å². The van der Waals surface area contributed by atoms with E-state index in [1.54, 1.807) is 0 Å². The number of hydrogen-bond acceptors (Lipinski definition) is 4. The van der Waals surface area contributed by atoms with Crippen LogP contribution in [0.3, 0.4) is 0 Å². The first-order chi connectivity index (χ1) is 10.3. The zero-order chi connectivity index (χ0) is 14.7. The molecule has 0 fully saturated rings. The lowest BCUT2D eigenvalue weighted by Gasteiger charge is -2.08. The van der Waals surface area contributed by atoms with E-state index in [1.807, 2.05) is 24.3 Å². The van der Waals surface area contributed by atoms with E-state index in [-0.39, 0.29) is 0 Å². The first kappa shape index (κ1) is 14.0. The van der Waals surface area contributed by atoms with Crippen molar-refractivity contribution in [2.24, 2.45) is 0 Å². The zero-order valence-corrected chi connectivity index (χ0v) is 12.8. The Balaban J connectivity index is 1.88. The van der Waals surface area contributed by atoms with Crippen molar-refractivity contribution in [2.45, 2.75) is 20.0 Å². The fourth-order valence-corrected chi connectivity index (χ4v) is 2.59. The van der Waals surface area contributed by atoms with Crippen LogP contribution in [0, 0.1) is 6.92 Å². The van der Waals surface area contributed by atoms with Crippen LogP contribution in [0.25, 0.3) is 11.0 Å². The lowest BCUT2D eigenvalue weighted by molar-refractivity contribution is 0.310. The van der Waals surface area contributed by atoms with Gasteiger partial charge in [0, 0.05) is 6.42 Å². The molecule has 3 nitrogen and oxygen atoms in total. The molecule has 0 aliphatic heterocycles. The fourth-order valence-electron chi connectivity index (χ4n) is 2.38. The summed E-state index contributed by atoms with van der Waals surface area (Å²) in [6.07, 6.45) is 0.765. The number of ether oxygens (including phenoxy) is 1. The van der Waals surface area contributed by atoms with Crippen molar-refractivity contribution >= 4 is 23.6 Å². The van der Waals surface area contributed by atoms with Crippen LogP contribution in [-0.2, 0) is 13.0 Å². The van der Waals surface area contributed by atoms with E-state index in [2.05, 4.69) is 42.9 Å². The Hall–Kier alpha value is -1.94. The SMILES string of the molecule is Cc1cccc(COc2cccc3onc(CCS)c23)c1. The Kier molecular flexibility index (Phi) is 4.15. The van der Waals surface area contributed by atoms with E-state index < -0.39 is 0 Å². The third-order valence-electron chi connectivity index (χ3n) is 3.36. The second kappa shape index (κ2) is 6.22. The molecule has 0 unspecified atom stereocenters. The summed E-state index contributed by atoms with van der Waals surface area (Å²) < 4.78 is 11.3. The summed E-state index contributed by atoms with van der Waals surface area (Å²) in [5.41, 5.74) is 4.04. The predicted octanol–water partition coefficient (Wildman–Crippen LogP) is 4.19. The van der Waals surface area contributed by atoms with Gasteiger partial charge in [0.15, 0.2) is 5.58 Å². The maximum absolute atomic E-state index is 5.98. The van der Waals surface area contributed by atoms with Crippen molar-refractivity contribution in [2.75, 3.05) is 5.75 Å². The van der Waals surface area contributed by atoms with Crippen molar-refractivity contribution in [1.82, 2.24) is 5.16 Å². The Morgan fingerprint density at radius 2 is 2.05 bits per heavy atom. The number of aromatic nitrogens is 1. The summed E-state index contributed by atoms with van der Waals surface area (Å²) in [5.74, 6) is 1.54. The van der Waals surface area contributed by atoms with Gasteiger partial charge < -0.3 is 9.26 Å². The van der Waals surface area contributed by atoms with Gasteiger partial charge in [-0.2, -0.15) is 12.6 Å². The van der Waals surface area contributed by atoms with E-state index >= 15 is 0 Å². The van der Waals surface area contributed by atoms with Gasteiger partial charge in [-0.05, 0) is 30.4 Å². The molecule has 0 aliphatic carbocycles. The normalized spacial score (nSPS) is 11.0. The van der Waals surface area contributed by atoms with Crippen LogP contribution in [0.5, 0.6) is 5.75 Å². The molecule has 4 heteroatoms. The highest BCUT2D eigenvalue weighted by atomic mass is 32.1. The fraction of sp³-hybridized carbons (Fsp3) is 0.235. The minimum Gasteiger partial charge on any atom is -0.488 e. The second-order valence-electron chi connectivity index (χ2n) is 5.01. The molecule has 3 aromatic rings. The van der Waals surface area contributed by atoms with Gasteiger partial charge in [0.25, 0.3) is 0 Å². The quantitative estimate of drug-likeness (QED) is 0.718. The van der Waals surface area contributed by atoms with E-state index in [0.29, 0.717) is 6.61 Å². The minimum absolute atomic E-state index is 0.534. The largest absolute Gasteiger partial charge is 0.488 e. The van der Waals surface area contributed by atoms with Crippen LogP contribution in [-0.4, -0.2) is 10.9 Å². The topological polar surface area (TPSA) is 35.3 Å². The number of fused-ring (bicyclic) bond motifs is 1. The van der Waals surface area contributed by atoms with Crippen molar-refractivity contribution in [3.05, 3.63) is 59.3 Å². The molecule has 0 saturated heterocycles. The summed E-state index contributed by atoms with van der Waals surface area (Å²) in [6.45, 7) is 2.61. The van der Waals surface area contributed by atoms with E-state index in [4.69, 9.17) is 9.26 Å². The van der Waals surface area contributed by atoms with Gasteiger partial charge in [0.1, 0.15) is 12.4 Å². The van der Waals surface area contributed by atoms with Gasteiger partial charge in [-0.15, -0.1) is 0 Å². The molecule has 0 bridgehead atoms. The Morgan fingerprint density at radius 1 is 1.19 bits per heavy atom. The lowest BCUT2D eigenvalue weighted by Crippen LogP contribution is -1.97. The summed E-state index contributed by atoms with van der Waals surface area (Å²) in [4.78, 5) is 0. The van der Waals surface area contributed by atoms with Crippen molar-refractivity contribution in [3.8, 4) is 5.75 Å². The molecule has 3 rings (SSSR count). The van der Waals surface area contributed by atoms with Crippen LogP contribution in [0.2, 0.25) is 0 Å². The molecular weight excluding hydrogens is 282 g/mol. The number of thiol groups is 1. The highest BCUT2D eigenvalue weighted by molar-refractivity contribution is 7.80. The molecule has 0 radical (unpaired) electrons.